The van der Waals surface area contributed by atoms with Crippen LogP contribution >= 0.6 is 0 Å². The third-order valence-electron chi connectivity index (χ3n) is 7.46. The van der Waals surface area contributed by atoms with Gasteiger partial charge in [0.2, 0.25) is 0 Å². The second kappa shape index (κ2) is 8.95. The number of nitrogens with one attached hydrogen (secondary N) is 1. The predicted molar refractivity (Wildman–Crippen MR) is 131 cm³/mol. The molecule has 7 nitrogen and oxygen atoms in total. The van der Waals surface area contributed by atoms with Gasteiger partial charge in [0, 0.05) is 36.6 Å². The Morgan fingerprint density at radius 2 is 1.88 bits per heavy atom. The van der Waals surface area contributed by atoms with Crippen molar-refractivity contribution in [3.8, 4) is 0 Å². The molecular formula is C27H33N3O4. The summed E-state index contributed by atoms with van der Waals surface area (Å²) >= 11 is 0. The summed E-state index contributed by atoms with van der Waals surface area (Å²) in [5, 5.41) is 13.2. The molecular weight excluding hydrogens is 430 g/mol. The number of carboxylic acids is 1. The van der Waals surface area contributed by atoms with Gasteiger partial charge in [-0.05, 0) is 66.1 Å². The van der Waals surface area contributed by atoms with Crippen LogP contribution in [0.2, 0.25) is 0 Å². The van der Waals surface area contributed by atoms with Crippen molar-refractivity contribution in [1.82, 2.24) is 4.90 Å². The summed E-state index contributed by atoms with van der Waals surface area (Å²) in [7, 11) is 0. The molecule has 0 bridgehead atoms. The van der Waals surface area contributed by atoms with Gasteiger partial charge in [0.1, 0.15) is 6.04 Å². The number of benzene rings is 2. The van der Waals surface area contributed by atoms with Crippen molar-refractivity contribution in [2.45, 2.75) is 45.2 Å². The van der Waals surface area contributed by atoms with E-state index in [-0.39, 0.29) is 17.4 Å². The molecule has 2 aromatic rings. The van der Waals surface area contributed by atoms with Crippen LogP contribution in [0.25, 0.3) is 0 Å². The fourth-order valence-corrected chi connectivity index (χ4v) is 5.65. The van der Waals surface area contributed by atoms with Gasteiger partial charge in [-0.15, -0.1) is 0 Å². The molecule has 7 heteroatoms. The number of hydrogen-bond acceptors (Lipinski definition) is 5. The normalized spacial score (nSPS) is 23.8. The lowest BCUT2D eigenvalue weighted by atomic mass is 9.72. The van der Waals surface area contributed by atoms with Gasteiger partial charge in [0.15, 0.2) is 0 Å². The first kappa shape index (κ1) is 22.7. The number of hydrogen-bond donors (Lipinski definition) is 2. The molecule has 2 aromatic carbocycles. The van der Waals surface area contributed by atoms with E-state index in [0.29, 0.717) is 18.5 Å². The summed E-state index contributed by atoms with van der Waals surface area (Å²) in [6, 6.07) is 13.9. The number of carbonyl (C=O) groups excluding carboxylic acids is 1. The SMILES string of the molecule is CC1(C)Cc2cc(C(=O)N3CCCC3C(=O)O)ccc2NC1c1cccc(N2CCOCC2)c1. The molecule has 0 aliphatic carbocycles. The Morgan fingerprint density at radius 3 is 2.65 bits per heavy atom. The molecule has 1 amide bonds. The molecule has 2 fully saturated rings. The first-order chi connectivity index (χ1) is 16.3. The number of morpholine rings is 1. The minimum absolute atomic E-state index is 0.0739. The lowest BCUT2D eigenvalue weighted by molar-refractivity contribution is -0.141. The minimum Gasteiger partial charge on any atom is -0.480 e. The highest BCUT2D eigenvalue weighted by Crippen LogP contribution is 2.45. The van der Waals surface area contributed by atoms with Gasteiger partial charge in [-0.1, -0.05) is 26.0 Å². The number of rotatable bonds is 4. The van der Waals surface area contributed by atoms with Crippen molar-refractivity contribution < 1.29 is 19.4 Å². The predicted octanol–water partition coefficient (Wildman–Crippen LogP) is 3.95. The molecule has 5 rings (SSSR count). The quantitative estimate of drug-likeness (QED) is 0.715. The monoisotopic (exact) mass is 463 g/mol. The molecule has 2 unspecified atom stereocenters. The van der Waals surface area contributed by atoms with Crippen LogP contribution in [0.15, 0.2) is 42.5 Å². The average Bonchev–Trinajstić information content (AvgIpc) is 3.33. The van der Waals surface area contributed by atoms with Gasteiger partial charge in [-0.25, -0.2) is 4.79 Å². The van der Waals surface area contributed by atoms with Crippen LogP contribution in [0, 0.1) is 5.41 Å². The molecule has 3 aliphatic rings. The third kappa shape index (κ3) is 4.25. The van der Waals surface area contributed by atoms with Crippen LogP contribution in [0.5, 0.6) is 0 Å². The zero-order valence-electron chi connectivity index (χ0n) is 19.9. The highest BCUT2D eigenvalue weighted by atomic mass is 16.5. The highest BCUT2D eigenvalue weighted by molar-refractivity contribution is 5.97. The summed E-state index contributed by atoms with van der Waals surface area (Å²) in [4.78, 5) is 28.5. The third-order valence-corrected chi connectivity index (χ3v) is 7.46. The Hall–Kier alpha value is -3.06. The molecule has 0 spiro atoms. The summed E-state index contributed by atoms with van der Waals surface area (Å²) in [5.74, 6) is -1.11. The Labute approximate surface area is 200 Å². The van der Waals surface area contributed by atoms with Gasteiger partial charge in [-0.2, -0.15) is 0 Å². The molecule has 0 aromatic heterocycles. The number of carbonyl (C=O) groups is 2. The first-order valence-corrected chi connectivity index (χ1v) is 12.2. The molecule has 0 radical (unpaired) electrons. The van der Waals surface area contributed by atoms with E-state index in [2.05, 4.69) is 48.3 Å². The van der Waals surface area contributed by atoms with Crippen LogP contribution in [-0.4, -0.2) is 60.8 Å². The van der Waals surface area contributed by atoms with Crippen LogP contribution in [0.4, 0.5) is 11.4 Å². The van der Waals surface area contributed by atoms with Crippen LogP contribution < -0.4 is 10.2 Å². The van der Waals surface area contributed by atoms with Crippen molar-refractivity contribution in [3.05, 3.63) is 59.2 Å². The van der Waals surface area contributed by atoms with E-state index in [0.717, 1.165) is 50.4 Å². The largest absolute Gasteiger partial charge is 0.480 e. The number of ether oxygens (including phenoxy) is 1. The van der Waals surface area contributed by atoms with E-state index in [1.807, 2.05) is 18.2 Å². The number of aliphatic carboxylic acids is 1. The fraction of sp³-hybridized carbons (Fsp3) is 0.481. The summed E-state index contributed by atoms with van der Waals surface area (Å²) in [6.45, 7) is 8.34. The summed E-state index contributed by atoms with van der Waals surface area (Å²) in [6.07, 6.45) is 2.07. The van der Waals surface area contributed by atoms with Gasteiger partial charge in [-0.3, -0.25) is 4.79 Å². The zero-order valence-corrected chi connectivity index (χ0v) is 19.9. The topological polar surface area (TPSA) is 82.1 Å². The Balaban J connectivity index is 1.39. The fourth-order valence-electron chi connectivity index (χ4n) is 5.65. The standard InChI is InChI=1S/C27H33N3O4/c1-27(2)17-20-15-19(25(31)30-10-4-7-23(30)26(32)33)8-9-22(20)28-24(27)18-5-3-6-21(16-18)29-11-13-34-14-12-29/h3,5-6,8-9,15-16,23-24,28H,4,7,10-14,17H2,1-2H3,(H,32,33). The number of nitrogens with zero attached hydrogens (tertiary/aromatic N) is 2. The van der Waals surface area contributed by atoms with Crippen LogP contribution in [-0.2, 0) is 16.0 Å². The van der Waals surface area contributed by atoms with E-state index >= 15 is 0 Å². The molecule has 2 N–H and O–H groups in total. The van der Waals surface area contributed by atoms with Crippen LogP contribution in [0.1, 0.15) is 54.2 Å². The van der Waals surface area contributed by atoms with Crippen molar-refractivity contribution in [1.29, 1.82) is 0 Å². The zero-order chi connectivity index (χ0) is 23.9. The molecule has 0 saturated carbocycles. The first-order valence-electron chi connectivity index (χ1n) is 12.2. The molecule has 34 heavy (non-hydrogen) atoms. The van der Waals surface area contributed by atoms with Crippen molar-refractivity contribution in [3.63, 3.8) is 0 Å². The molecule has 3 aliphatic heterocycles. The minimum atomic E-state index is -0.922. The maximum atomic E-state index is 13.1. The van der Waals surface area contributed by atoms with Gasteiger partial charge in [0.25, 0.3) is 5.91 Å². The van der Waals surface area contributed by atoms with E-state index in [1.165, 1.54) is 16.2 Å². The van der Waals surface area contributed by atoms with Gasteiger partial charge < -0.3 is 25.0 Å². The van der Waals surface area contributed by atoms with Crippen molar-refractivity contribution >= 4 is 23.3 Å². The highest BCUT2D eigenvalue weighted by Gasteiger charge is 2.38. The second-order valence-corrected chi connectivity index (χ2v) is 10.3. The van der Waals surface area contributed by atoms with E-state index in [1.54, 1.807) is 0 Å². The lowest BCUT2D eigenvalue weighted by Crippen LogP contribution is -2.40. The lowest BCUT2D eigenvalue weighted by Gasteiger charge is -2.42. The Bertz CT molecular complexity index is 1090. The second-order valence-electron chi connectivity index (χ2n) is 10.3. The number of likely N-dealkylation sites (tertiary alicyclic amines) is 1. The molecule has 2 saturated heterocycles. The Morgan fingerprint density at radius 1 is 1.09 bits per heavy atom. The van der Waals surface area contributed by atoms with Gasteiger partial charge >= 0.3 is 5.97 Å². The number of fused-ring (bicyclic) bond motifs is 1. The van der Waals surface area contributed by atoms with E-state index < -0.39 is 12.0 Å². The Kier molecular flexibility index (Phi) is 5.98. The number of amides is 1. The smallest absolute Gasteiger partial charge is 0.326 e. The molecule has 180 valence electrons. The maximum Gasteiger partial charge on any atom is 0.326 e. The van der Waals surface area contributed by atoms with Crippen molar-refractivity contribution in [2.75, 3.05) is 43.1 Å². The van der Waals surface area contributed by atoms with E-state index in [9.17, 15) is 14.7 Å². The van der Waals surface area contributed by atoms with Crippen molar-refractivity contribution in [2.24, 2.45) is 5.41 Å². The average molecular weight is 464 g/mol. The molecule has 3 heterocycles. The maximum absolute atomic E-state index is 13.1. The van der Waals surface area contributed by atoms with Crippen LogP contribution in [0.3, 0.4) is 0 Å². The summed E-state index contributed by atoms with van der Waals surface area (Å²) < 4.78 is 5.51. The number of carboxylic acid groups (broad SMARTS) is 1. The number of anilines is 2. The molecule has 2 atom stereocenters. The van der Waals surface area contributed by atoms with Gasteiger partial charge in [0.05, 0.1) is 19.3 Å². The van der Waals surface area contributed by atoms with E-state index in [4.69, 9.17) is 4.74 Å². The summed E-state index contributed by atoms with van der Waals surface area (Å²) in [5.41, 5.74) is 5.11.